The molecule has 3 heterocycles. The van der Waals surface area contributed by atoms with E-state index in [9.17, 15) is 10.2 Å². The summed E-state index contributed by atoms with van der Waals surface area (Å²) in [5.74, 6) is 0.902. The smallest absolute Gasteiger partial charge is 0.152 e. The van der Waals surface area contributed by atoms with Gasteiger partial charge in [-0.1, -0.05) is 6.92 Å². The molecule has 0 aliphatic carbocycles. The molecule has 4 N–H and O–H groups in total. The monoisotopic (exact) mass is 281 g/mol. The molecule has 0 spiro atoms. The minimum Gasteiger partial charge on any atom is -0.394 e. The fourth-order valence-electron chi connectivity index (χ4n) is 2.72. The standard InChI is InChI=1S/C12H19N5O3/c1-6-9(19)7(3-18)20-12(6)17-5-14-8-10(13)16(2)4-15-11(8)17/h5-7,9,12-13,15,18-19H,3-4H2,1-2H3/t6-,7-,9+,12-/m1/s1. The molecule has 0 radical (unpaired) electrons. The lowest BCUT2D eigenvalue weighted by Crippen LogP contribution is -2.37. The van der Waals surface area contributed by atoms with Gasteiger partial charge in [0.25, 0.3) is 0 Å². The first kappa shape index (κ1) is 13.3. The van der Waals surface area contributed by atoms with Gasteiger partial charge in [-0.05, 0) is 0 Å². The van der Waals surface area contributed by atoms with Crippen LogP contribution in [-0.4, -0.2) is 63.0 Å². The van der Waals surface area contributed by atoms with Crippen LogP contribution in [0.1, 0.15) is 18.8 Å². The Morgan fingerprint density at radius 2 is 2.35 bits per heavy atom. The number of aliphatic hydroxyl groups is 2. The number of aromatic nitrogens is 2. The van der Waals surface area contributed by atoms with Gasteiger partial charge in [-0.25, -0.2) is 4.98 Å². The number of anilines is 1. The summed E-state index contributed by atoms with van der Waals surface area (Å²) in [6, 6.07) is 0. The van der Waals surface area contributed by atoms with Crippen LogP contribution >= 0.6 is 0 Å². The van der Waals surface area contributed by atoms with Crippen molar-refractivity contribution < 1.29 is 14.9 Å². The summed E-state index contributed by atoms with van der Waals surface area (Å²) in [7, 11) is 1.82. The lowest BCUT2D eigenvalue weighted by atomic mass is 10.0. The topological polar surface area (TPSA) is 107 Å². The summed E-state index contributed by atoms with van der Waals surface area (Å²) in [4.78, 5) is 6.01. The third kappa shape index (κ3) is 1.80. The van der Waals surface area contributed by atoms with Gasteiger partial charge in [0.15, 0.2) is 5.84 Å². The maximum absolute atomic E-state index is 10.0. The number of aliphatic hydroxyl groups excluding tert-OH is 2. The number of fused-ring (bicyclic) bond motifs is 1. The number of rotatable bonds is 2. The molecule has 4 atom stereocenters. The van der Waals surface area contributed by atoms with Gasteiger partial charge in [-0.3, -0.25) is 9.98 Å². The molecule has 1 aromatic rings. The van der Waals surface area contributed by atoms with E-state index < -0.39 is 18.4 Å². The minimum absolute atomic E-state index is 0.166. The molecule has 0 saturated carbocycles. The summed E-state index contributed by atoms with van der Waals surface area (Å²) in [6.45, 7) is 2.17. The zero-order chi connectivity index (χ0) is 14.4. The van der Waals surface area contributed by atoms with Gasteiger partial charge >= 0.3 is 0 Å². The van der Waals surface area contributed by atoms with E-state index in [1.807, 2.05) is 14.0 Å². The van der Waals surface area contributed by atoms with E-state index >= 15 is 0 Å². The summed E-state index contributed by atoms with van der Waals surface area (Å²) in [5, 5.41) is 30.5. The number of ether oxygens (including phenoxy) is 1. The van der Waals surface area contributed by atoms with Crippen molar-refractivity contribution in [2.45, 2.75) is 25.4 Å². The second-order valence-electron chi connectivity index (χ2n) is 5.33. The maximum Gasteiger partial charge on any atom is 0.152 e. The van der Waals surface area contributed by atoms with Gasteiger partial charge in [-0.15, -0.1) is 0 Å². The zero-order valence-corrected chi connectivity index (χ0v) is 11.4. The Balaban J connectivity index is 1.93. The first-order valence-corrected chi connectivity index (χ1v) is 6.59. The zero-order valence-electron chi connectivity index (χ0n) is 11.4. The van der Waals surface area contributed by atoms with Crippen LogP contribution in [0.5, 0.6) is 0 Å². The van der Waals surface area contributed by atoms with Crippen LogP contribution in [0.15, 0.2) is 6.33 Å². The van der Waals surface area contributed by atoms with E-state index in [0.717, 1.165) is 5.82 Å². The fourth-order valence-corrected chi connectivity index (χ4v) is 2.72. The highest BCUT2D eigenvalue weighted by atomic mass is 16.5. The van der Waals surface area contributed by atoms with Crippen molar-refractivity contribution in [1.29, 1.82) is 5.41 Å². The van der Waals surface area contributed by atoms with Gasteiger partial charge in [0.1, 0.15) is 23.8 Å². The van der Waals surface area contributed by atoms with E-state index in [1.54, 1.807) is 15.8 Å². The van der Waals surface area contributed by atoms with Gasteiger partial charge in [-0.2, -0.15) is 0 Å². The van der Waals surface area contributed by atoms with Crippen LogP contribution in [0, 0.1) is 11.3 Å². The highest BCUT2D eigenvalue weighted by Gasteiger charge is 2.42. The molecule has 1 saturated heterocycles. The Morgan fingerprint density at radius 3 is 3.00 bits per heavy atom. The van der Waals surface area contributed by atoms with E-state index in [4.69, 9.17) is 10.1 Å². The van der Waals surface area contributed by atoms with Crippen LogP contribution < -0.4 is 5.32 Å². The molecule has 2 aliphatic heterocycles. The second-order valence-corrected chi connectivity index (χ2v) is 5.33. The van der Waals surface area contributed by atoms with Crippen LogP contribution in [0.4, 0.5) is 5.82 Å². The average Bonchev–Trinajstić information content (AvgIpc) is 2.98. The normalized spacial score (nSPS) is 33.2. The number of nitrogens with one attached hydrogen (secondary N) is 2. The largest absolute Gasteiger partial charge is 0.394 e. The number of imidazole rings is 1. The molecular weight excluding hydrogens is 262 g/mol. The fraction of sp³-hybridized carbons (Fsp3) is 0.667. The molecule has 110 valence electrons. The lowest BCUT2D eigenvalue weighted by molar-refractivity contribution is -0.0453. The highest BCUT2D eigenvalue weighted by molar-refractivity contribution is 6.00. The van der Waals surface area contributed by atoms with Gasteiger partial charge < -0.3 is 25.2 Å². The molecule has 2 aliphatic rings. The Labute approximate surface area is 116 Å². The number of hydrogen-bond acceptors (Lipinski definition) is 6. The summed E-state index contributed by atoms with van der Waals surface area (Å²) >= 11 is 0. The molecule has 0 bridgehead atoms. The van der Waals surface area contributed by atoms with Crippen LogP contribution in [-0.2, 0) is 4.74 Å². The minimum atomic E-state index is -0.714. The molecule has 20 heavy (non-hydrogen) atoms. The van der Waals surface area contributed by atoms with Crippen LogP contribution in [0.3, 0.4) is 0 Å². The molecule has 0 aromatic carbocycles. The molecule has 8 nitrogen and oxygen atoms in total. The second kappa shape index (κ2) is 4.72. The predicted molar refractivity (Wildman–Crippen MR) is 71.5 cm³/mol. The highest BCUT2D eigenvalue weighted by Crippen LogP contribution is 2.37. The van der Waals surface area contributed by atoms with Crippen molar-refractivity contribution in [2.75, 3.05) is 25.6 Å². The molecular formula is C12H19N5O3. The Kier molecular flexibility index (Phi) is 3.15. The van der Waals surface area contributed by atoms with Gasteiger partial charge in [0.05, 0.1) is 25.7 Å². The van der Waals surface area contributed by atoms with Crippen molar-refractivity contribution in [1.82, 2.24) is 14.5 Å². The van der Waals surface area contributed by atoms with Gasteiger partial charge in [0.2, 0.25) is 0 Å². The Morgan fingerprint density at radius 1 is 1.60 bits per heavy atom. The predicted octanol–water partition coefficient (Wildman–Crippen LogP) is -0.590. The lowest BCUT2D eigenvalue weighted by Gasteiger charge is -2.28. The SMILES string of the molecule is C[C@@H]1[C@H](O)[C@@H](CO)O[C@H]1n1cnc2c1NCN(C)C2=N. The summed E-state index contributed by atoms with van der Waals surface area (Å²) in [5.41, 5.74) is 0.566. The molecule has 0 amide bonds. The third-order valence-electron chi connectivity index (χ3n) is 4.02. The van der Waals surface area contributed by atoms with E-state index in [2.05, 4.69) is 10.3 Å². The molecule has 1 fully saturated rings. The van der Waals surface area contributed by atoms with Crippen molar-refractivity contribution in [3.8, 4) is 0 Å². The Hall–Kier alpha value is -1.64. The van der Waals surface area contributed by atoms with Crippen LogP contribution in [0.25, 0.3) is 0 Å². The van der Waals surface area contributed by atoms with Crippen molar-refractivity contribution in [2.24, 2.45) is 5.92 Å². The third-order valence-corrected chi connectivity index (χ3v) is 4.02. The summed E-state index contributed by atoms with van der Waals surface area (Å²) < 4.78 is 7.50. The number of nitrogens with zero attached hydrogens (tertiary/aromatic N) is 3. The number of hydrogen-bond donors (Lipinski definition) is 4. The molecule has 1 aromatic heterocycles. The summed E-state index contributed by atoms with van der Waals surface area (Å²) in [6.07, 6.45) is -0.0893. The van der Waals surface area contributed by atoms with E-state index in [-0.39, 0.29) is 12.5 Å². The van der Waals surface area contributed by atoms with E-state index in [0.29, 0.717) is 18.2 Å². The Bertz CT molecular complexity index is 531. The van der Waals surface area contributed by atoms with E-state index in [1.165, 1.54) is 0 Å². The van der Waals surface area contributed by atoms with Gasteiger partial charge in [0, 0.05) is 13.0 Å². The molecule has 8 heteroatoms. The van der Waals surface area contributed by atoms with Crippen molar-refractivity contribution >= 4 is 11.7 Å². The molecule has 3 rings (SSSR count). The first-order chi connectivity index (χ1) is 9.54. The molecule has 0 unspecified atom stereocenters. The van der Waals surface area contributed by atoms with Crippen molar-refractivity contribution in [3.63, 3.8) is 0 Å². The average molecular weight is 281 g/mol. The number of amidine groups is 1. The van der Waals surface area contributed by atoms with Crippen molar-refractivity contribution in [3.05, 3.63) is 12.0 Å². The first-order valence-electron chi connectivity index (χ1n) is 6.59. The maximum atomic E-state index is 10.0. The quantitative estimate of drug-likeness (QED) is 0.577. The van der Waals surface area contributed by atoms with Crippen LogP contribution in [0.2, 0.25) is 0 Å².